The maximum Gasteiger partial charge on any atom is 0.420 e. The van der Waals surface area contributed by atoms with Crippen LogP contribution in [0.4, 0.5) is 30.6 Å². The van der Waals surface area contributed by atoms with Crippen LogP contribution in [-0.4, -0.2) is 82.5 Å². The summed E-state index contributed by atoms with van der Waals surface area (Å²) in [6, 6.07) is 4.54. The van der Waals surface area contributed by atoms with Gasteiger partial charge in [0.05, 0.1) is 41.7 Å². The van der Waals surface area contributed by atoms with Crippen LogP contribution in [0, 0.1) is 6.92 Å². The molecule has 4 aliphatic rings. The third-order valence-corrected chi connectivity index (χ3v) is 10.1. The van der Waals surface area contributed by atoms with E-state index < -0.39 is 11.7 Å². The van der Waals surface area contributed by atoms with Crippen molar-refractivity contribution in [1.82, 2.24) is 25.2 Å². The van der Waals surface area contributed by atoms with Crippen LogP contribution >= 0.6 is 23.1 Å². The van der Waals surface area contributed by atoms with Gasteiger partial charge in [-0.25, -0.2) is 15.0 Å². The monoisotopic (exact) mass is 589 g/mol. The molecule has 2 unspecified atom stereocenters. The molecular weight excluding hydrogens is 563 g/mol. The lowest BCUT2D eigenvalue weighted by Gasteiger charge is -2.36. The number of anilines is 3. The fraction of sp³-hybridized carbons (Fsp3) is 0.462. The number of fused-ring (bicyclic) bond motifs is 3. The molecule has 210 valence electrons. The third-order valence-electron chi connectivity index (χ3n) is 7.83. The van der Waals surface area contributed by atoms with Crippen LogP contribution in [0.2, 0.25) is 0 Å². The summed E-state index contributed by atoms with van der Waals surface area (Å²) in [7, 11) is 0. The van der Waals surface area contributed by atoms with Crippen LogP contribution in [0.3, 0.4) is 0 Å². The largest absolute Gasteiger partial charge is 0.420 e. The van der Waals surface area contributed by atoms with E-state index in [1.54, 1.807) is 17.2 Å². The first-order valence-electron chi connectivity index (χ1n) is 13.1. The van der Waals surface area contributed by atoms with Gasteiger partial charge in [0.1, 0.15) is 16.3 Å². The molecule has 7 rings (SSSR count). The van der Waals surface area contributed by atoms with E-state index in [0.29, 0.717) is 53.1 Å². The Kier molecular flexibility index (Phi) is 6.40. The number of piperazine rings is 1. The molecule has 0 spiro atoms. The predicted octanol–water partition coefficient (Wildman–Crippen LogP) is 4.17. The van der Waals surface area contributed by atoms with Gasteiger partial charge in [0, 0.05) is 48.6 Å². The maximum absolute atomic E-state index is 14.1. The molecule has 0 aromatic carbocycles. The zero-order valence-electron chi connectivity index (χ0n) is 21.5. The lowest BCUT2D eigenvalue weighted by molar-refractivity contribution is -0.137. The highest BCUT2D eigenvalue weighted by molar-refractivity contribution is 7.99. The molecule has 0 radical (unpaired) electrons. The number of carbonyl (C=O) groups is 1. The van der Waals surface area contributed by atoms with Crippen molar-refractivity contribution >= 4 is 46.5 Å². The predicted molar refractivity (Wildman–Crippen MR) is 147 cm³/mol. The Morgan fingerprint density at radius 2 is 2.00 bits per heavy atom. The highest BCUT2D eigenvalue weighted by atomic mass is 32.2. The zero-order valence-corrected chi connectivity index (χ0v) is 23.1. The van der Waals surface area contributed by atoms with Crippen LogP contribution < -0.4 is 15.5 Å². The molecule has 7 heterocycles. The summed E-state index contributed by atoms with van der Waals surface area (Å²) in [5, 5.41) is 6.53. The number of hydrogen-bond acceptors (Lipinski definition) is 10. The Labute approximate surface area is 236 Å². The summed E-state index contributed by atoms with van der Waals surface area (Å²) in [4.78, 5) is 31.7. The van der Waals surface area contributed by atoms with Crippen molar-refractivity contribution in [3.05, 3.63) is 40.5 Å². The zero-order chi connectivity index (χ0) is 27.6. The Hall–Kier alpha value is -2.94. The summed E-state index contributed by atoms with van der Waals surface area (Å²) >= 11 is 2.52. The van der Waals surface area contributed by atoms with Gasteiger partial charge in [0.25, 0.3) is 5.91 Å². The van der Waals surface area contributed by atoms with Crippen molar-refractivity contribution in [2.45, 2.75) is 42.5 Å². The second-order valence-corrected chi connectivity index (χ2v) is 12.6. The summed E-state index contributed by atoms with van der Waals surface area (Å²) in [5.74, 6) is 1.40. The quantitative estimate of drug-likeness (QED) is 0.455. The van der Waals surface area contributed by atoms with Crippen molar-refractivity contribution in [3.8, 4) is 10.6 Å². The fourth-order valence-corrected chi connectivity index (χ4v) is 7.93. The van der Waals surface area contributed by atoms with Crippen molar-refractivity contribution in [2.75, 3.05) is 48.8 Å². The van der Waals surface area contributed by atoms with Crippen LogP contribution in [0.5, 0.6) is 0 Å². The number of pyridine rings is 1. The van der Waals surface area contributed by atoms with Crippen molar-refractivity contribution in [1.29, 1.82) is 0 Å². The molecule has 4 aliphatic heterocycles. The Bertz CT molecular complexity index is 1480. The van der Waals surface area contributed by atoms with Gasteiger partial charge >= 0.3 is 6.18 Å². The van der Waals surface area contributed by atoms with Gasteiger partial charge in [-0.05, 0) is 31.0 Å². The number of hydrogen-bond donors (Lipinski definition) is 2. The van der Waals surface area contributed by atoms with Crippen LogP contribution in [0.25, 0.3) is 10.6 Å². The molecule has 3 saturated heterocycles. The van der Waals surface area contributed by atoms with Gasteiger partial charge in [-0.2, -0.15) is 13.2 Å². The molecule has 14 heteroatoms. The SMILES string of the molecule is Cc1cc(N2CC3CC2CN3)ncc1Nc1ncc(C(F)(F)F)c(-c2cc3c(s2)C(=O)N(C2COC2)CCS3)n1. The first kappa shape index (κ1) is 26.0. The number of nitrogens with zero attached hydrogens (tertiary/aromatic N) is 5. The summed E-state index contributed by atoms with van der Waals surface area (Å²) in [6.07, 6.45) is -1.09. The van der Waals surface area contributed by atoms with Crippen LogP contribution in [0.15, 0.2) is 29.4 Å². The molecule has 2 bridgehead atoms. The van der Waals surface area contributed by atoms with Crippen molar-refractivity contribution in [2.24, 2.45) is 0 Å². The second kappa shape index (κ2) is 9.86. The molecule has 3 aromatic heterocycles. The topological polar surface area (TPSA) is 95.5 Å². The highest BCUT2D eigenvalue weighted by Gasteiger charge is 2.39. The molecular formula is C26H26F3N7O2S2. The second-order valence-electron chi connectivity index (χ2n) is 10.4. The number of amides is 1. The first-order chi connectivity index (χ1) is 19.2. The summed E-state index contributed by atoms with van der Waals surface area (Å²) in [5.41, 5.74) is 0.301. The smallest absolute Gasteiger partial charge is 0.377 e. The van der Waals surface area contributed by atoms with Gasteiger partial charge in [-0.15, -0.1) is 23.1 Å². The molecule has 2 N–H and O–H groups in total. The Morgan fingerprint density at radius 3 is 2.67 bits per heavy atom. The lowest BCUT2D eigenvalue weighted by atomic mass is 10.2. The van der Waals surface area contributed by atoms with E-state index in [-0.39, 0.29) is 28.5 Å². The molecule has 40 heavy (non-hydrogen) atoms. The standard InChI is InChI=1S/C26H26F3N7O2S2/c1-13-4-21(36-10-14-5-15(36)7-30-14)31-9-18(13)33-25-32-8-17(26(27,28)29)22(34-25)19-6-20-23(40-19)24(37)35(2-3-39-20)16-11-38-12-16/h4,6,8-9,14-16,30H,2-3,5,7,10-12H2,1H3,(H,32,33,34). The molecule has 0 aliphatic carbocycles. The van der Waals surface area contributed by atoms with Crippen LogP contribution in [-0.2, 0) is 10.9 Å². The van der Waals surface area contributed by atoms with Crippen LogP contribution in [0.1, 0.15) is 27.2 Å². The number of carbonyl (C=O) groups excluding carboxylic acids is 1. The number of ether oxygens (including phenoxy) is 1. The summed E-state index contributed by atoms with van der Waals surface area (Å²) in [6.45, 7) is 5.31. The Morgan fingerprint density at radius 1 is 1.15 bits per heavy atom. The van der Waals surface area contributed by atoms with Gasteiger partial charge in [0.2, 0.25) is 5.95 Å². The van der Waals surface area contributed by atoms with Crippen molar-refractivity contribution < 1.29 is 22.7 Å². The Balaban J connectivity index is 1.19. The fourth-order valence-electron chi connectivity index (χ4n) is 5.61. The number of rotatable bonds is 5. The maximum atomic E-state index is 14.1. The average molecular weight is 590 g/mol. The molecule has 9 nitrogen and oxygen atoms in total. The lowest BCUT2D eigenvalue weighted by Crippen LogP contribution is -2.52. The number of thioether (sulfide) groups is 1. The molecule has 0 saturated carbocycles. The normalized spacial score (nSPS) is 22.9. The van der Waals surface area contributed by atoms with Gasteiger partial charge in [-0.1, -0.05) is 0 Å². The molecule has 2 atom stereocenters. The highest BCUT2D eigenvalue weighted by Crippen LogP contribution is 2.43. The van der Waals surface area contributed by atoms with E-state index >= 15 is 0 Å². The minimum Gasteiger partial charge on any atom is -0.377 e. The van der Waals surface area contributed by atoms with E-state index in [9.17, 15) is 18.0 Å². The third kappa shape index (κ3) is 4.60. The first-order valence-corrected chi connectivity index (χ1v) is 14.9. The number of aromatic nitrogens is 3. The number of thiophene rings is 1. The number of aryl methyl sites for hydroxylation is 1. The van der Waals surface area contributed by atoms with E-state index in [0.717, 1.165) is 48.4 Å². The van der Waals surface area contributed by atoms with E-state index in [1.165, 1.54) is 11.8 Å². The number of nitrogens with one attached hydrogen (secondary N) is 2. The number of halogens is 3. The van der Waals surface area contributed by atoms with Gasteiger partial charge < -0.3 is 25.2 Å². The average Bonchev–Trinajstić information content (AvgIpc) is 3.61. The minimum atomic E-state index is -4.66. The minimum absolute atomic E-state index is 0.00529. The van der Waals surface area contributed by atoms with E-state index in [2.05, 4.69) is 30.5 Å². The van der Waals surface area contributed by atoms with Gasteiger partial charge in [0.15, 0.2) is 0 Å². The molecule has 1 amide bonds. The molecule has 3 aromatic rings. The van der Waals surface area contributed by atoms with E-state index in [1.807, 2.05) is 13.0 Å². The van der Waals surface area contributed by atoms with Crippen molar-refractivity contribution in [3.63, 3.8) is 0 Å². The summed E-state index contributed by atoms with van der Waals surface area (Å²) < 4.78 is 47.4. The van der Waals surface area contributed by atoms with E-state index in [4.69, 9.17) is 4.74 Å². The van der Waals surface area contributed by atoms with Gasteiger partial charge in [-0.3, -0.25) is 4.79 Å². The number of alkyl halides is 3. The molecule has 3 fully saturated rings.